The lowest BCUT2D eigenvalue weighted by molar-refractivity contribution is 0.327. The molecule has 1 unspecified atom stereocenters. The molecule has 0 radical (unpaired) electrons. The number of rotatable bonds is 5. The van der Waals surface area contributed by atoms with Gasteiger partial charge in [0.05, 0.1) is 0 Å². The first-order chi connectivity index (χ1) is 8.65. The lowest BCUT2D eigenvalue weighted by Crippen LogP contribution is -2.33. The molecule has 1 aliphatic rings. The minimum absolute atomic E-state index is 0.372. The third-order valence-electron chi connectivity index (χ3n) is 3.17. The van der Waals surface area contributed by atoms with Gasteiger partial charge in [-0.15, -0.1) is 0 Å². The van der Waals surface area contributed by atoms with E-state index in [9.17, 15) is 0 Å². The molecule has 0 saturated carbocycles. The number of nitrogens with one attached hydrogen (secondary N) is 1. The van der Waals surface area contributed by atoms with Crippen LogP contribution in [0.5, 0.6) is 0 Å². The SMILES string of the molecule is CC(CN1CCCC1)Nc1cc(C(N)=S)ccn1. The van der Waals surface area contributed by atoms with Crippen LogP contribution in [0.3, 0.4) is 0 Å². The summed E-state index contributed by atoms with van der Waals surface area (Å²) in [5.41, 5.74) is 6.47. The molecule has 1 aromatic rings. The maximum absolute atomic E-state index is 5.61. The van der Waals surface area contributed by atoms with E-state index < -0.39 is 0 Å². The standard InChI is InChI=1S/C13H20N4S/c1-10(9-17-6-2-3-7-17)16-12-8-11(13(14)18)4-5-15-12/h4-5,8,10H,2-3,6-7,9H2,1H3,(H2,14,18)(H,15,16). The Balaban J connectivity index is 1.91. The highest BCUT2D eigenvalue weighted by Gasteiger charge is 2.14. The van der Waals surface area contributed by atoms with Crippen LogP contribution in [0.15, 0.2) is 18.3 Å². The number of nitrogens with zero attached hydrogens (tertiary/aromatic N) is 2. The van der Waals surface area contributed by atoms with Gasteiger partial charge in [-0.1, -0.05) is 12.2 Å². The van der Waals surface area contributed by atoms with E-state index in [-0.39, 0.29) is 0 Å². The van der Waals surface area contributed by atoms with Crippen LogP contribution in [-0.4, -0.2) is 40.5 Å². The fourth-order valence-corrected chi connectivity index (χ4v) is 2.44. The zero-order chi connectivity index (χ0) is 13.0. The molecular formula is C13H20N4S. The molecule has 1 aromatic heterocycles. The average Bonchev–Trinajstić information content (AvgIpc) is 2.82. The number of pyridine rings is 1. The molecule has 18 heavy (non-hydrogen) atoms. The molecule has 1 saturated heterocycles. The fraction of sp³-hybridized carbons (Fsp3) is 0.538. The van der Waals surface area contributed by atoms with Crippen molar-refractivity contribution in [3.8, 4) is 0 Å². The van der Waals surface area contributed by atoms with Crippen LogP contribution in [0.1, 0.15) is 25.3 Å². The first-order valence-corrected chi connectivity index (χ1v) is 6.81. The van der Waals surface area contributed by atoms with Crippen LogP contribution in [-0.2, 0) is 0 Å². The van der Waals surface area contributed by atoms with Gasteiger partial charge in [0.15, 0.2) is 0 Å². The van der Waals surface area contributed by atoms with E-state index in [1.807, 2.05) is 12.1 Å². The third kappa shape index (κ3) is 3.65. The molecule has 0 amide bonds. The summed E-state index contributed by atoms with van der Waals surface area (Å²) in [6.45, 7) is 5.66. The summed E-state index contributed by atoms with van der Waals surface area (Å²) < 4.78 is 0. The van der Waals surface area contributed by atoms with E-state index in [2.05, 4.69) is 22.1 Å². The van der Waals surface area contributed by atoms with Crippen LogP contribution in [0.25, 0.3) is 0 Å². The number of thiocarbonyl (C=S) groups is 1. The van der Waals surface area contributed by atoms with Gasteiger partial charge in [-0.3, -0.25) is 0 Å². The monoisotopic (exact) mass is 264 g/mol. The van der Waals surface area contributed by atoms with Crippen molar-refractivity contribution in [1.29, 1.82) is 0 Å². The van der Waals surface area contributed by atoms with Gasteiger partial charge < -0.3 is 16.0 Å². The number of hydrogen-bond acceptors (Lipinski definition) is 4. The van der Waals surface area contributed by atoms with Gasteiger partial charge in [-0.2, -0.15) is 0 Å². The second kappa shape index (κ2) is 6.11. The second-order valence-electron chi connectivity index (χ2n) is 4.85. The predicted molar refractivity (Wildman–Crippen MR) is 78.9 cm³/mol. The normalized spacial score (nSPS) is 17.6. The van der Waals surface area contributed by atoms with Gasteiger partial charge in [-0.25, -0.2) is 4.98 Å². The Morgan fingerprint density at radius 2 is 2.28 bits per heavy atom. The zero-order valence-electron chi connectivity index (χ0n) is 10.7. The van der Waals surface area contributed by atoms with Gasteiger partial charge in [0, 0.05) is 24.3 Å². The molecule has 0 bridgehead atoms. The summed E-state index contributed by atoms with van der Waals surface area (Å²) in [5.74, 6) is 0.840. The molecule has 98 valence electrons. The van der Waals surface area contributed by atoms with Crippen LogP contribution in [0, 0.1) is 0 Å². The maximum Gasteiger partial charge on any atom is 0.126 e. The van der Waals surface area contributed by atoms with Gasteiger partial charge in [0.1, 0.15) is 10.8 Å². The van der Waals surface area contributed by atoms with E-state index in [1.54, 1.807) is 6.20 Å². The molecule has 5 heteroatoms. The van der Waals surface area contributed by atoms with Crippen molar-refractivity contribution >= 4 is 23.0 Å². The molecule has 1 fully saturated rings. The van der Waals surface area contributed by atoms with Gasteiger partial charge in [0.2, 0.25) is 0 Å². The van der Waals surface area contributed by atoms with Crippen LogP contribution >= 0.6 is 12.2 Å². The van der Waals surface area contributed by atoms with Gasteiger partial charge in [-0.05, 0) is 45.0 Å². The molecule has 1 aliphatic heterocycles. The molecule has 3 N–H and O–H groups in total. The van der Waals surface area contributed by atoms with E-state index in [1.165, 1.54) is 25.9 Å². The van der Waals surface area contributed by atoms with Crippen molar-refractivity contribution < 1.29 is 0 Å². The predicted octanol–water partition coefficient (Wildman–Crippen LogP) is 1.61. The first kappa shape index (κ1) is 13.2. The number of aromatic nitrogens is 1. The molecule has 0 aromatic carbocycles. The number of anilines is 1. The van der Waals surface area contributed by atoms with Crippen molar-refractivity contribution in [2.24, 2.45) is 5.73 Å². The fourth-order valence-electron chi connectivity index (χ4n) is 2.31. The molecule has 2 rings (SSSR count). The Morgan fingerprint density at radius 3 is 2.94 bits per heavy atom. The Hall–Kier alpha value is -1.20. The summed E-state index contributed by atoms with van der Waals surface area (Å²) in [5, 5.41) is 3.40. The number of nitrogens with two attached hydrogens (primary N) is 1. The summed E-state index contributed by atoms with van der Waals surface area (Å²) in [7, 11) is 0. The lowest BCUT2D eigenvalue weighted by atomic mass is 10.2. The van der Waals surface area contributed by atoms with Crippen molar-refractivity contribution in [3.63, 3.8) is 0 Å². The van der Waals surface area contributed by atoms with E-state index >= 15 is 0 Å². The van der Waals surface area contributed by atoms with Crippen molar-refractivity contribution in [2.45, 2.75) is 25.8 Å². The summed E-state index contributed by atoms with van der Waals surface area (Å²) in [6.07, 6.45) is 4.38. The maximum atomic E-state index is 5.61. The zero-order valence-corrected chi connectivity index (χ0v) is 11.5. The molecule has 4 nitrogen and oxygen atoms in total. The minimum atomic E-state index is 0.372. The highest BCUT2D eigenvalue weighted by molar-refractivity contribution is 7.80. The molecular weight excluding hydrogens is 244 g/mol. The molecule has 0 spiro atoms. The quantitative estimate of drug-likeness (QED) is 0.791. The Kier molecular flexibility index (Phi) is 4.49. The third-order valence-corrected chi connectivity index (χ3v) is 3.41. The number of likely N-dealkylation sites (tertiary alicyclic amines) is 1. The topological polar surface area (TPSA) is 54.2 Å². The van der Waals surface area contributed by atoms with E-state index in [4.69, 9.17) is 18.0 Å². The highest BCUT2D eigenvalue weighted by atomic mass is 32.1. The lowest BCUT2D eigenvalue weighted by Gasteiger charge is -2.21. The number of hydrogen-bond donors (Lipinski definition) is 2. The van der Waals surface area contributed by atoms with E-state index in [0.717, 1.165) is 17.9 Å². The summed E-state index contributed by atoms with van der Waals surface area (Å²) >= 11 is 4.97. The van der Waals surface area contributed by atoms with Gasteiger partial charge in [0.25, 0.3) is 0 Å². The first-order valence-electron chi connectivity index (χ1n) is 6.40. The van der Waals surface area contributed by atoms with Crippen LogP contribution in [0.2, 0.25) is 0 Å². The Morgan fingerprint density at radius 1 is 1.56 bits per heavy atom. The molecule has 1 atom stereocenters. The van der Waals surface area contributed by atoms with Crippen LogP contribution in [0.4, 0.5) is 5.82 Å². The van der Waals surface area contributed by atoms with E-state index in [0.29, 0.717) is 11.0 Å². The highest BCUT2D eigenvalue weighted by Crippen LogP contribution is 2.11. The average molecular weight is 264 g/mol. The minimum Gasteiger partial charge on any atom is -0.389 e. The largest absolute Gasteiger partial charge is 0.389 e. The van der Waals surface area contributed by atoms with Crippen molar-refractivity contribution in [2.75, 3.05) is 25.0 Å². The Bertz CT molecular complexity index is 415. The van der Waals surface area contributed by atoms with Crippen molar-refractivity contribution in [1.82, 2.24) is 9.88 Å². The second-order valence-corrected chi connectivity index (χ2v) is 5.29. The summed E-state index contributed by atoms with van der Waals surface area (Å²) in [6, 6.07) is 4.11. The van der Waals surface area contributed by atoms with Crippen molar-refractivity contribution in [3.05, 3.63) is 23.9 Å². The molecule has 0 aliphatic carbocycles. The molecule has 2 heterocycles. The van der Waals surface area contributed by atoms with Crippen LogP contribution < -0.4 is 11.1 Å². The summed E-state index contributed by atoms with van der Waals surface area (Å²) in [4.78, 5) is 7.18. The van der Waals surface area contributed by atoms with Gasteiger partial charge >= 0.3 is 0 Å². The smallest absolute Gasteiger partial charge is 0.126 e. The Labute approximate surface area is 114 Å².